The zero-order valence-electron chi connectivity index (χ0n) is 15.5. The molecule has 1 aromatic rings. The van der Waals surface area contributed by atoms with Crippen molar-refractivity contribution in [3.05, 3.63) is 34.9 Å². The molecule has 0 heterocycles. The lowest BCUT2D eigenvalue weighted by molar-refractivity contribution is -0.145. The number of rotatable bonds is 3. The summed E-state index contributed by atoms with van der Waals surface area (Å²) >= 11 is 0. The summed E-state index contributed by atoms with van der Waals surface area (Å²) in [6, 6.07) is 6.95. The summed E-state index contributed by atoms with van der Waals surface area (Å²) in [4.78, 5) is 12.1. The highest BCUT2D eigenvalue weighted by molar-refractivity contribution is 5.79. The molecule has 0 aliphatic heterocycles. The summed E-state index contributed by atoms with van der Waals surface area (Å²) in [6.45, 7) is 13.9. The van der Waals surface area contributed by atoms with Gasteiger partial charge in [-0.2, -0.15) is 0 Å². The second kappa shape index (κ2) is 5.09. The Hall–Kier alpha value is -1.31. The fraction of sp³-hybridized carbons (Fsp3) is 0.667. The molecular formula is C21H30O2. The van der Waals surface area contributed by atoms with E-state index in [-0.39, 0.29) is 28.1 Å². The first-order valence-corrected chi connectivity index (χ1v) is 8.94. The smallest absolute Gasteiger partial charge is 0.309 e. The SMILES string of the molecule is CCOC(=O)[C@@H]1C[C@]1(C)c1ccc2c(c1)C(C)(C)CCC2(C)C. The third-order valence-corrected chi connectivity index (χ3v) is 6.32. The summed E-state index contributed by atoms with van der Waals surface area (Å²) in [5.74, 6) is -0.00692. The highest BCUT2D eigenvalue weighted by Gasteiger charge is 2.57. The molecule has 0 unspecified atom stereocenters. The fourth-order valence-electron chi connectivity index (χ4n) is 4.21. The minimum atomic E-state index is -0.0427. The second-order valence-corrected chi connectivity index (χ2v) is 8.95. The van der Waals surface area contributed by atoms with Gasteiger partial charge in [0.25, 0.3) is 0 Å². The molecule has 1 fully saturated rings. The van der Waals surface area contributed by atoms with Crippen LogP contribution < -0.4 is 0 Å². The predicted octanol–water partition coefficient (Wildman–Crippen LogP) is 4.88. The van der Waals surface area contributed by atoms with Crippen LogP contribution in [-0.2, 0) is 25.8 Å². The zero-order valence-corrected chi connectivity index (χ0v) is 15.5. The van der Waals surface area contributed by atoms with E-state index in [9.17, 15) is 4.79 Å². The Morgan fingerprint density at radius 3 is 2.30 bits per heavy atom. The molecule has 2 aliphatic carbocycles. The lowest BCUT2D eigenvalue weighted by Crippen LogP contribution is -2.34. The van der Waals surface area contributed by atoms with Crippen LogP contribution in [0.4, 0.5) is 0 Å². The minimum absolute atomic E-state index is 0.0280. The van der Waals surface area contributed by atoms with Crippen molar-refractivity contribution in [2.45, 2.75) is 77.0 Å². The lowest BCUT2D eigenvalue weighted by Gasteiger charge is -2.42. The summed E-state index contributed by atoms with van der Waals surface area (Å²) in [7, 11) is 0. The van der Waals surface area contributed by atoms with Crippen LogP contribution >= 0.6 is 0 Å². The standard InChI is InChI=1S/C21H30O2/c1-7-23-18(22)17-13-21(17,6)14-8-9-15-16(12-14)20(4,5)11-10-19(15,2)3/h8-9,12,17H,7,10-11,13H2,1-6H3/t17-,21+/m0/s1. The molecule has 0 saturated heterocycles. The van der Waals surface area contributed by atoms with E-state index in [0.29, 0.717) is 6.61 Å². The molecule has 0 spiro atoms. The third-order valence-electron chi connectivity index (χ3n) is 6.32. The molecular weight excluding hydrogens is 284 g/mol. The van der Waals surface area contributed by atoms with Gasteiger partial charge in [-0.15, -0.1) is 0 Å². The fourth-order valence-corrected chi connectivity index (χ4v) is 4.21. The van der Waals surface area contributed by atoms with Gasteiger partial charge in [0.15, 0.2) is 0 Å². The molecule has 0 aromatic heterocycles. The predicted molar refractivity (Wildman–Crippen MR) is 93.8 cm³/mol. The van der Waals surface area contributed by atoms with E-state index in [2.05, 4.69) is 52.8 Å². The number of carbonyl (C=O) groups excluding carboxylic acids is 1. The number of ether oxygens (including phenoxy) is 1. The Kier molecular flexibility index (Phi) is 3.66. The molecule has 2 aliphatic rings. The Morgan fingerprint density at radius 2 is 1.70 bits per heavy atom. The lowest BCUT2D eigenvalue weighted by atomic mass is 9.62. The Bertz CT molecular complexity index is 641. The van der Waals surface area contributed by atoms with Gasteiger partial charge in [0, 0.05) is 5.41 Å². The highest BCUT2D eigenvalue weighted by Crippen LogP contribution is 2.56. The number of carbonyl (C=O) groups is 1. The Morgan fingerprint density at radius 1 is 1.09 bits per heavy atom. The maximum Gasteiger partial charge on any atom is 0.309 e. The summed E-state index contributed by atoms with van der Waals surface area (Å²) in [5.41, 5.74) is 4.68. The van der Waals surface area contributed by atoms with Crippen LogP contribution in [0.15, 0.2) is 18.2 Å². The van der Waals surface area contributed by atoms with Gasteiger partial charge in [0.05, 0.1) is 12.5 Å². The largest absolute Gasteiger partial charge is 0.466 e. The molecule has 2 atom stereocenters. The Balaban J connectivity index is 1.97. The van der Waals surface area contributed by atoms with Gasteiger partial charge in [-0.05, 0) is 53.7 Å². The first kappa shape index (κ1) is 16.5. The molecule has 0 radical (unpaired) electrons. The number of fused-ring (bicyclic) bond motifs is 1. The summed E-state index contributed by atoms with van der Waals surface area (Å²) in [6.07, 6.45) is 3.36. The molecule has 23 heavy (non-hydrogen) atoms. The molecule has 3 rings (SSSR count). The Labute approximate surface area is 140 Å². The van der Waals surface area contributed by atoms with Gasteiger partial charge in [-0.1, -0.05) is 52.8 Å². The van der Waals surface area contributed by atoms with Crippen LogP contribution in [0.3, 0.4) is 0 Å². The maximum absolute atomic E-state index is 12.1. The van der Waals surface area contributed by atoms with Gasteiger partial charge in [-0.3, -0.25) is 4.79 Å². The minimum Gasteiger partial charge on any atom is -0.466 e. The van der Waals surface area contributed by atoms with E-state index in [1.807, 2.05) is 6.92 Å². The van der Waals surface area contributed by atoms with Gasteiger partial charge in [0.2, 0.25) is 0 Å². The van der Waals surface area contributed by atoms with E-state index in [1.54, 1.807) is 0 Å². The van der Waals surface area contributed by atoms with Crippen molar-refractivity contribution < 1.29 is 9.53 Å². The first-order chi connectivity index (χ1) is 10.6. The van der Waals surface area contributed by atoms with Crippen LogP contribution in [0.2, 0.25) is 0 Å². The molecule has 2 nitrogen and oxygen atoms in total. The van der Waals surface area contributed by atoms with E-state index in [0.717, 1.165) is 6.42 Å². The van der Waals surface area contributed by atoms with E-state index in [1.165, 1.54) is 29.5 Å². The molecule has 0 bridgehead atoms. The first-order valence-electron chi connectivity index (χ1n) is 8.94. The quantitative estimate of drug-likeness (QED) is 0.744. The topological polar surface area (TPSA) is 26.3 Å². The van der Waals surface area contributed by atoms with Crippen LogP contribution in [0.5, 0.6) is 0 Å². The number of hydrogen-bond acceptors (Lipinski definition) is 2. The molecule has 2 heteroatoms. The van der Waals surface area contributed by atoms with Gasteiger partial charge < -0.3 is 4.74 Å². The highest BCUT2D eigenvalue weighted by atomic mass is 16.5. The van der Waals surface area contributed by atoms with Crippen LogP contribution in [0.1, 0.15) is 77.5 Å². The van der Waals surface area contributed by atoms with Crippen molar-refractivity contribution in [3.8, 4) is 0 Å². The van der Waals surface area contributed by atoms with Crippen molar-refractivity contribution in [1.82, 2.24) is 0 Å². The molecule has 1 aromatic carbocycles. The van der Waals surface area contributed by atoms with Crippen molar-refractivity contribution in [2.24, 2.45) is 5.92 Å². The van der Waals surface area contributed by atoms with E-state index >= 15 is 0 Å². The van der Waals surface area contributed by atoms with Crippen LogP contribution in [0.25, 0.3) is 0 Å². The second-order valence-electron chi connectivity index (χ2n) is 8.95. The number of benzene rings is 1. The van der Waals surface area contributed by atoms with Crippen molar-refractivity contribution >= 4 is 5.97 Å². The maximum atomic E-state index is 12.1. The monoisotopic (exact) mass is 314 g/mol. The molecule has 0 amide bonds. The van der Waals surface area contributed by atoms with E-state index in [4.69, 9.17) is 4.74 Å². The van der Waals surface area contributed by atoms with Gasteiger partial charge >= 0.3 is 5.97 Å². The number of hydrogen-bond donors (Lipinski definition) is 0. The van der Waals surface area contributed by atoms with Crippen LogP contribution in [-0.4, -0.2) is 12.6 Å². The normalized spacial score (nSPS) is 30.4. The van der Waals surface area contributed by atoms with Crippen molar-refractivity contribution in [2.75, 3.05) is 6.61 Å². The van der Waals surface area contributed by atoms with Crippen molar-refractivity contribution in [1.29, 1.82) is 0 Å². The van der Waals surface area contributed by atoms with E-state index < -0.39 is 0 Å². The van der Waals surface area contributed by atoms with Crippen molar-refractivity contribution in [3.63, 3.8) is 0 Å². The average molecular weight is 314 g/mol. The zero-order chi connectivity index (χ0) is 17.0. The van der Waals surface area contributed by atoms with Crippen LogP contribution in [0, 0.1) is 5.92 Å². The van der Waals surface area contributed by atoms with Gasteiger partial charge in [-0.25, -0.2) is 0 Å². The summed E-state index contributed by atoms with van der Waals surface area (Å²) in [5, 5.41) is 0. The number of esters is 1. The summed E-state index contributed by atoms with van der Waals surface area (Å²) < 4.78 is 5.23. The van der Waals surface area contributed by atoms with Gasteiger partial charge in [0.1, 0.15) is 0 Å². The average Bonchev–Trinajstić information content (AvgIpc) is 3.18. The molecule has 0 N–H and O–H groups in total. The molecule has 126 valence electrons. The third kappa shape index (κ3) is 2.60. The molecule has 1 saturated carbocycles.